The first-order valence-corrected chi connectivity index (χ1v) is 7.15. The molecule has 3 N–H and O–H groups in total. The lowest BCUT2D eigenvalue weighted by Crippen LogP contribution is -2.27. The van der Waals surface area contributed by atoms with E-state index in [0.29, 0.717) is 6.54 Å². The fourth-order valence-corrected chi connectivity index (χ4v) is 2.01. The summed E-state index contributed by atoms with van der Waals surface area (Å²) >= 11 is 0. The first-order valence-electron chi connectivity index (χ1n) is 7.15. The third-order valence-electron chi connectivity index (χ3n) is 3.02. The molecule has 0 saturated heterocycles. The standard InChI is InChI=1S/C16H26N2O3/c1-11(8-9-17)13-10-12(20-5)6-7-14(13)18-15(19)21-16(2,3)4/h6-7,10-11H,8-9,17H2,1-5H3,(H,18,19). The van der Waals surface area contributed by atoms with Crippen LogP contribution in [-0.2, 0) is 4.74 Å². The maximum atomic E-state index is 11.9. The van der Waals surface area contributed by atoms with Gasteiger partial charge in [-0.05, 0) is 63.4 Å². The number of methoxy groups -OCH3 is 1. The van der Waals surface area contributed by atoms with Crippen LogP contribution in [-0.4, -0.2) is 25.3 Å². The zero-order valence-corrected chi connectivity index (χ0v) is 13.5. The Labute approximate surface area is 126 Å². The summed E-state index contributed by atoms with van der Waals surface area (Å²) in [7, 11) is 1.62. The van der Waals surface area contributed by atoms with E-state index in [1.165, 1.54) is 0 Å². The molecule has 0 fully saturated rings. The molecule has 0 bridgehead atoms. The van der Waals surface area contributed by atoms with Crippen LogP contribution < -0.4 is 15.8 Å². The molecule has 5 heteroatoms. The Morgan fingerprint density at radius 2 is 2.05 bits per heavy atom. The highest BCUT2D eigenvalue weighted by Gasteiger charge is 2.19. The highest BCUT2D eigenvalue weighted by Crippen LogP contribution is 2.30. The van der Waals surface area contributed by atoms with Gasteiger partial charge in [0.1, 0.15) is 11.4 Å². The summed E-state index contributed by atoms with van der Waals surface area (Å²) in [6, 6.07) is 5.56. The number of ether oxygens (including phenoxy) is 2. The van der Waals surface area contributed by atoms with E-state index in [1.54, 1.807) is 7.11 Å². The number of nitrogens with one attached hydrogen (secondary N) is 1. The van der Waals surface area contributed by atoms with E-state index in [0.717, 1.165) is 23.4 Å². The van der Waals surface area contributed by atoms with Gasteiger partial charge in [0, 0.05) is 5.69 Å². The Morgan fingerprint density at radius 3 is 2.57 bits per heavy atom. The van der Waals surface area contributed by atoms with Crippen molar-refractivity contribution in [3.8, 4) is 5.75 Å². The number of carbonyl (C=O) groups is 1. The van der Waals surface area contributed by atoms with Crippen molar-refractivity contribution in [3.63, 3.8) is 0 Å². The number of hydrogen-bond donors (Lipinski definition) is 2. The fraction of sp³-hybridized carbons (Fsp3) is 0.562. The van der Waals surface area contributed by atoms with Crippen LogP contribution in [0.5, 0.6) is 5.75 Å². The molecule has 118 valence electrons. The predicted molar refractivity (Wildman–Crippen MR) is 84.9 cm³/mol. The van der Waals surface area contributed by atoms with E-state index in [9.17, 15) is 4.79 Å². The van der Waals surface area contributed by atoms with Gasteiger partial charge in [-0.2, -0.15) is 0 Å². The van der Waals surface area contributed by atoms with Crippen LogP contribution in [0.3, 0.4) is 0 Å². The van der Waals surface area contributed by atoms with Gasteiger partial charge in [0.25, 0.3) is 0 Å². The van der Waals surface area contributed by atoms with Gasteiger partial charge in [0.15, 0.2) is 0 Å². The van der Waals surface area contributed by atoms with Crippen molar-refractivity contribution in [2.45, 2.75) is 45.6 Å². The van der Waals surface area contributed by atoms with Crippen LogP contribution in [0.15, 0.2) is 18.2 Å². The summed E-state index contributed by atoms with van der Waals surface area (Å²) in [6.45, 7) is 8.15. The summed E-state index contributed by atoms with van der Waals surface area (Å²) in [5, 5.41) is 2.80. The second-order valence-corrected chi connectivity index (χ2v) is 6.06. The molecular weight excluding hydrogens is 268 g/mol. The molecule has 0 heterocycles. The topological polar surface area (TPSA) is 73.6 Å². The number of hydrogen-bond acceptors (Lipinski definition) is 4. The molecule has 1 rings (SSSR count). The highest BCUT2D eigenvalue weighted by atomic mass is 16.6. The molecule has 0 saturated carbocycles. The highest BCUT2D eigenvalue weighted by molar-refractivity contribution is 5.86. The molecule has 0 aliphatic carbocycles. The average Bonchev–Trinajstić information content (AvgIpc) is 2.37. The molecule has 21 heavy (non-hydrogen) atoms. The van der Waals surface area contributed by atoms with Crippen LogP contribution >= 0.6 is 0 Å². The lowest BCUT2D eigenvalue weighted by atomic mass is 9.96. The van der Waals surface area contributed by atoms with Crippen molar-refractivity contribution < 1.29 is 14.3 Å². The largest absolute Gasteiger partial charge is 0.497 e. The quantitative estimate of drug-likeness (QED) is 0.871. The van der Waals surface area contributed by atoms with Crippen LogP contribution in [0, 0.1) is 0 Å². The summed E-state index contributed by atoms with van der Waals surface area (Å²) in [5.41, 5.74) is 6.82. The van der Waals surface area contributed by atoms with Crippen molar-refractivity contribution in [2.24, 2.45) is 5.73 Å². The molecule has 1 aromatic carbocycles. The molecule has 1 aromatic rings. The number of nitrogens with two attached hydrogens (primary N) is 1. The third kappa shape index (κ3) is 5.63. The first-order chi connectivity index (χ1) is 9.76. The summed E-state index contributed by atoms with van der Waals surface area (Å²) < 4.78 is 10.5. The zero-order chi connectivity index (χ0) is 16.0. The smallest absolute Gasteiger partial charge is 0.412 e. The van der Waals surface area contributed by atoms with E-state index in [1.807, 2.05) is 39.0 Å². The van der Waals surface area contributed by atoms with E-state index >= 15 is 0 Å². The molecule has 0 aliphatic heterocycles. The van der Waals surface area contributed by atoms with Gasteiger partial charge in [-0.25, -0.2) is 4.79 Å². The van der Waals surface area contributed by atoms with Crippen LogP contribution in [0.25, 0.3) is 0 Å². The van der Waals surface area contributed by atoms with Gasteiger partial charge in [-0.15, -0.1) is 0 Å². The number of carbonyl (C=O) groups excluding carboxylic acids is 1. The van der Waals surface area contributed by atoms with Crippen molar-refractivity contribution in [3.05, 3.63) is 23.8 Å². The van der Waals surface area contributed by atoms with Gasteiger partial charge < -0.3 is 15.2 Å². The maximum absolute atomic E-state index is 11.9. The van der Waals surface area contributed by atoms with E-state index in [4.69, 9.17) is 15.2 Å². The molecule has 0 radical (unpaired) electrons. The summed E-state index contributed by atoms with van der Waals surface area (Å²) in [5.74, 6) is 0.971. The van der Waals surface area contributed by atoms with Crippen LogP contribution in [0.2, 0.25) is 0 Å². The van der Waals surface area contributed by atoms with Crippen LogP contribution in [0.1, 0.15) is 45.6 Å². The predicted octanol–water partition coefficient (Wildman–Crippen LogP) is 3.49. The Hall–Kier alpha value is -1.75. The SMILES string of the molecule is COc1ccc(NC(=O)OC(C)(C)C)c(C(C)CCN)c1. The van der Waals surface area contributed by atoms with Gasteiger partial charge in [0.05, 0.1) is 7.11 Å². The lowest BCUT2D eigenvalue weighted by Gasteiger charge is -2.22. The van der Waals surface area contributed by atoms with Crippen molar-refractivity contribution in [2.75, 3.05) is 19.0 Å². The molecule has 1 amide bonds. The van der Waals surface area contributed by atoms with E-state index in [2.05, 4.69) is 12.2 Å². The van der Waals surface area contributed by atoms with Crippen molar-refractivity contribution in [1.82, 2.24) is 0 Å². The van der Waals surface area contributed by atoms with E-state index < -0.39 is 11.7 Å². The molecule has 0 spiro atoms. The first kappa shape index (κ1) is 17.3. The van der Waals surface area contributed by atoms with Crippen molar-refractivity contribution in [1.29, 1.82) is 0 Å². The van der Waals surface area contributed by atoms with Gasteiger partial charge in [0.2, 0.25) is 0 Å². The van der Waals surface area contributed by atoms with Crippen LogP contribution in [0.4, 0.5) is 10.5 Å². The monoisotopic (exact) mass is 294 g/mol. The van der Waals surface area contributed by atoms with Gasteiger partial charge in [-0.1, -0.05) is 6.92 Å². The van der Waals surface area contributed by atoms with Gasteiger partial charge in [-0.3, -0.25) is 5.32 Å². The Bertz CT molecular complexity index is 481. The number of anilines is 1. The molecule has 5 nitrogen and oxygen atoms in total. The average molecular weight is 294 g/mol. The Kier molecular flexibility index (Phi) is 6.03. The second-order valence-electron chi connectivity index (χ2n) is 6.06. The maximum Gasteiger partial charge on any atom is 0.412 e. The molecule has 1 atom stereocenters. The molecule has 0 aromatic heterocycles. The molecule has 0 aliphatic rings. The minimum atomic E-state index is -0.528. The minimum Gasteiger partial charge on any atom is -0.497 e. The van der Waals surface area contributed by atoms with E-state index in [-0.39, 0.29) is 5.92 Å². The molecule has 1 unspecified atom stereocenters. The second kappa shape index (κ2) is 7.31. The number of rotatable bonds is 5. The summed E-state index contributed by atoms with van der Waals surface area (Å²) in [6.07, 6.45) is 0.366. The fourth-order valence-electron chi connectivity index (χ4n) is 2.01. The van der Waals surface area contributed by atoms with Gasteiger partial charge >= 0.3 is 6.09 Å². The van der Waals surface area contributed by atoms with Crippen molar-refractivity contribution >= 4 is 11.8 Å². The lowest BCUT2D eigenvalue weighted by molar-refractivity contribution is 0.0635. The normalized spacial score (nSPS) is 12.7. The minimum absolute atomic E-state index is 0.218. The summed E-state index contributed by atoms with van der Waals surface area (Å²) in [4.78, 5) is 11.9. The number of amides is 1. The third-order valence-corrected chi connectivity index (χ3v) is 3.02. The Morgan fingerprint density at radius 1 is 1.38 bits per heavy atom. The molecular formula is C16H26N2O3. The number of benzene rings is 1. The zero-order valence-electron chi connectivity index (χ0n) is 13.5. The Balaban J connectivity index is 2.97.